The lowest BCUT2D eigenvalue weighted by molar-refractivity contribution is 0.00236. The summed E-state index contributed by atoms with van der Waals surface area (Å²) in [6, 6.07) is 0. The van der Waals surface area contributed by atoms with Crippen molar-refractivity contribution >= 4 is 11.6 Å². The molecular weight excluding hydrogens is 238 g/mol. The lowest BCUT2D eigenvalue weighted by Gasteiger charge is -2.31. The lowest BCUT2D eigenvalue weighted by Crippen LogP contribution is -2.45. The summed E-state index contributed by atoms with van der Waals surface area (Å²) < 4.78 is 1.83. The van der Waals surface area contributed by atoms with Gasteiger partial charge in [-0.25, -0.2) is 0 Å². The van der Waals surface area contributed by atoms with Crippen molar-refractivity contribution in [2.24, 2.45) is 11.7 Å². The molecule has 1 unspecified atom stereocenters. The first-order valence-corrected chi connectivity index (χ1v) is 6.37. The third-order valence-electron chi connectivity index (χ3n) is 3.35. The summed E-state index contributed by atoms with van der Waals surface area (Å²) in [6.07, 6.45) is 0.439. The molecule has 0 saturated carbocycles. The second-order valence-electron chi connectivity index (χ2n) is 4.80. The number of aryl methyl sites for hydroxylation is 2. The normalized spacial score (nSPS) is 15.3. The van der Waals surface area contributed by atoms with Gasteiger partial charge in [0.05, 0.1) is 22.0 Å². The lowest BCUT2D eigenvalue weighted by atomic mass is 9.86. The standard InChI is InChI=1S/C12H22ClN3O/c1-5-16-10(11(13)9(4)15-16)6-12(17,7-14)8(2)3/h8,17H,5-7,14H2,1-4H3. The van der Waals surface area contributed by atoms with E-state index in [1.165, 1.54) is 0 Å². The summed E-state index contributed by atoms with van der Waals surface area (Å²) in [5.74, 6) is 0.0732. The molecule has 5 heteroatoms. The second-order valence-corrected chi connectivity index (χ2v) is 5.18. The van der Waals surface area contributed by atoms with E-state index < -0.39 is 5.60 Å². The zero-order valence-electron chi connectivity index (χ0n) is 11.0. The second kappa shape index (κ2) is 5.38. The van der Waals surface area contributed by atoms with Gasteiger partial charge in [0.1, 0.15) is 0 Å². The van der Waals surface area contributed by atoms with Gasteiger partial charge in [-0.1, -0.05) is 25.4 Å². The van der Waals surface area contributed by atoms with Gasteiger partial charge in [0.25, 0.3) is 0 Å². The summed E-state index contributed by atoms with van der Waals surface area (Å²) in [4.78, 5) is 0. The molecule has 0 spiro atoms. The maximum atomic E-state index is 10.5. The van der Waals surface area contributed by atoms with E-state index in [4.69, 9.17) is 17.3 Å². The van der Waals surface area contributed by atoms with E-state index in [-0.39, 0.29) is 12.5 Å². The molecule has 1 aromatic heterocycles. The monoisotopic (exact) mass is 259 g/mol. The molecule has 0 amide bonds. The summed E-state index contributed by atoms with van der Waals surface area (Å²) in [7, 11) is 0. The van der Waals surface area contributed by atoms with Gasteiger partial charge in [0, 0.05) is 19.5 Å². The van der Waals surface area contributed by atoms with Crippen LogP contribution >= 0.6 is 11.6 Å². The quantitative estimate of drug-likeness (QED) is 0.847. The van der Waals surface area contributed by atoms with Crippen LogP contribution in [0.3, 0.4) is 0 Å². The molecule has 0 saturated heterocycles. The molecule has 0 radical (unpaired) electrons. The third kappa shape index (κ3) is 2.81. The number of nitrogens with zero attached hydrogens (tertiary/aromatic N) is 2. The molecular formula is C12H22ClN3O. The third-order valence-corrected chi connectivity index (χ3v) is 3.85. The number of nitrogens with two attached hydrogens (primary N) is 1. The molecule has 17 heavy (non-hydrogen) atoms. The predicted molar refractivity (Wildman–Crippen MR) is 70.2 cm³/mol. The first-order chi connectivity index (χ1) is 7.85. The highest BCUT2D eigenvalue weighted by Crippen LogP contribution is 2.27. The number of hydrogen-bond acceptors (Lipinski definition) is 3. The van der Waals surface area contributed by atoms with Gasteiger partial charge in [-0.2, -0.15) is 5.10 Å². The number of rotatable bonds is 5. The molecule has 0 bridgehead atoms. The summed E-state index contributed by atoms with van der Waals surface area (Å²) in [5, 5.41) is 15.5. The molecule has 1 heterocycles. The zero-order valence-corrected chi connectivity index (χ0v) is 11.8. The van der Waals surface area contributed by atoms with Crippen LogP contribution in [0.4, 0.5) is 0 Å². The van der Waals surface area contributed by atoms with Gasteiger partial charge in [0.15, 0.2) is 0 Å². The molecule has 98 valence electrons. The van der Waals surface area contributed by atoms with Gasteiger partial charge in [-0.3, -0.25) is 4.68 Å². The Balaban J connectivity index is 3.09. The summed E-state index contributed by atoms with van der Waals surface area (Å²) in [6.45, 7) is 8.75. The zero-order chi connectivity index (χ0) is 13.2. The van der Waals surface area contributed by atoms with Crippen molar-refractivity contribution in [3.05, 3.63) is 16.4 Å². The average molecular weight is 260 g/mol. The number of aromatic nitrogens is 2. The Kier molecular flexibility index (Phi) is 4.58. The number of halogens is 1. The molecule has 4 nitrogen and oxygen atoms in total. The minimum absolute atomic E-state index is 0.0732. The van der Waals surface area contributed by atoms with E-state index in [9.17, 15) is 5.11 Å². The fraction of sp³-hybridized carbons (Fsp3) is 0.750. The highest BCUT2D eigenvalue weighted by Gasteiger charge is 2.32. The van der Waals surface area contributed by atoms with Crippen molar-refractivity contribution in [1.82, 2.24) is 9.78 Å². The highest BCUT2D eigenvalue weighted by atomic mass is 35.5. The molecule has 0 aromatic carbocycles. The Bertz CT molecular complexity index is 389. The van der Waals surface area contributed by atoms with Crippen molar-refractivity contribution in [2.75, 3.05) is 6.54 Å². The van der Waals surface area contributed by atoms with E-state index in [1.807, 2.05) is 32.4 Å². The molecule has 1 aromatic rings. The molecule has 3 N–H and O–H groups in total. The number of hydrogen-bond donors (Lipinski definition) is 2. The van der Waals surface area contributed by atoms with Crippen LogP contribution in [0.25, 0.3) is 0 Å². The Morgan fingerprint density at radius 2 is 2.12 bits per heavy atom. The Labute approximate surface area is 108 Å². The Morgan fingerprint density at radius 3 is 2.53 bits per heavy atom. The maximum absolute atomic E-state index is 10.5. The smallest absolute Gasteiger partial charge is 0.0848 e. The fourth-order valence-corrected chi connectivity index (χ4v) is 2.04. The predicted octanol–water partition coefficient (Wildman–Crippen LogP) is 1.75. The first kappa shape index (κ1) is 14.5. The van der Waals surface area contributed by atoms with Crippen LogP contribution in [0.5, 0.6) is 0 Å². The van der Waals surface area contributed by atoms with Gasteiger partial charge < -0.3 is 10.8 Å². The average Bonchev–Trinajstić information content (AvgIpc) is 2.56. The van der Waals surface area contributed by atoms with E-state index in [1.54, 1.807) is 0 Å². The van der Waals surface area contributed by atoms with E-state index in [0.29, 0.717) is 11.4 Å². The summed E-state index contributed by atoms with van der Waals surface area (Å²) >= 11 is 6.23. The van der Waals surface area contributed by atoms with Crippen LogP contribution in [-0.2, 0) is 13.0 Å². The minimum Gasteiger partial charge on any atom is -0.388 e. The molecule has 1 rings (SSSR count). The van der Waals surface area contributed by atoms with Crippen LogP contribution in [0, 0.1) is 12.8 Å². The van der Waals surface area contributed by atoms with Crippen LogP contribution in [0.1, 0.15) is 32.2 Å². The van der Waals surface area contributed by atoms with Crippen LogP contribution in [0.2, 0.25) is 5.02 Å². The van der Waals surface area contributed by atoms with Crippen LogP contribution in [0.15, 0.2) is 0 Å². The Morgan fingerprint density at radius 1 is 1.53 bits per heavy atom. The van der Waals surface area contributed by atoms with Crippen molar-refractivity contribution in [3.8, 4) is 0 Å². The topological polar surface area (TPSA) is 64.1 Å². The van der Waals surface area contributed by atoms with Gasteiger partial charge in [-0.15, -0.1) is 0 Å². The minimum atomic E-state index is -0.928. The largest absolute Gasteiger partial charge is 0.388 e. The number of aliphatic hydroxyl groups is 1. The van der Waals surface area contributed by atoms with Crippen molar-refractivity contribution in [1.29, 1.82) is 0 Å². The van der Waals surface area contributed by atoms with Crippen molar-refractivity contribution in [3.63, 3.8) is 0 Å². The van der Waals surface area contributed by atoms with Crippen molar-refractivity contribution < 1.29 is 5.11 Å². The van der Waals surface area contributed by atoms with Crippen LogP contribution < -0.4 is 5.73 Å². The molecule has 0 aliphatic heterocycles. The van der Waals surface area contributed by atoms with Crippen LogP contribution in [-0.4, -0.2) is 27.0 Å². The molecule has 0 aliphatic carbocycles. The molecule has 1 atom stereocenters. The molecule has 0 aliphatic rings. The van der Waals surface area contributed by atoms with E-state index in [0.717, 1.165) is 17.9 Å². The highest BCUT2D eigenvalue weighted by molar-refractivity contribution is 6.31. The SMILES string of the molecule is CCn1nc(C)c(Cl)c1CC(O)(CN)C(C)C. The fourth-order valence-electron chi connectivity index (χ4n) is 1.84. The Hall–Kier alpha value is -0.580. The van der Waals surface area contributed by atoms with Gasteiger partial charge in [0.2, 0.25) is 0 Å². The van der Waals surface area contributed by atoms with E-state index >= 15 is 0 Å². The van der Waals surface area contributed by atoms with E-state index in [2.05, 4.69) is 5.10 Å². The maximum Gasteiger partial charge on any atom is 0.0848 e. The summed E-state index contributed by atoms with van der Waals surface area (Å²) in [5.41, 5.74) is 6.42. The van der Waals surface area contributed by atoms with Crippen molar-refractivity contribution in [2.45, 2.75) is 46.3 Å². The first-order valence-electron chi connectivity index (χ1n) is 6.00. The van der Waals surface area contributed by atoms with Gasteiger partial charge in [-0.05, 0) is 19.8 Å². The van der Waals surface area contributed by atoms with Gasteiger partial charge >= 0.3 is 0 Å². The molecule has 0 fully saturated rings.